The van der Waals surface area contributed by atoms with Crippen LogP contribution in [0.1, 0.15) is 25.0 Å². The highest BCUT2D eigenvalue weighted by Crippen LogP contribution is 2.51. The normalized spacial score (nSPS) is 13.1. The Hall–Kier alpha value is -6.84. The van der Waals surface area contributed by atoms with Gasteiger partial charge in [0.25, 0.3) is 0 Å². The van der Waals surface area contributed by atoms with Crippen LogP contribution in [0.4, 0.5) is 17.1 Å². The first-order valence-electron chi connectivity index (χ1n) is 18.8. The molecule has 0 saturated carbocycles. The molecule has 0 saturated heterocycles. The van der Waals surface area contributed by atoms with E-state index < -0.39 is 0 Å². The van der Waals surface area contributed by atoms with Crippen molar-refractivity contribution in [1.82, 2.24) is 9.13 Å². The molecule has 3 heteroatoms. The first-order chi connectivity index (χ1) is 26.6. The van der Waals surface area contributed by atoms with Crippen LogP contribution in [0.5, 0.6) is 0 Å². The predicted molar refractivity (Wildman–Crippen MR) is 227 cm³/mol. The standard InChI is InChI=1S/C51H37N3/c1-51(2)43-26-13-15-28-47(43)54-45-27-14-12-25-40(45)48-49-42(33-44(51)50(48)54)41-32-35(29-30-46(41)53(49)38-22-10-5-11-23-38)34-17-16-24-39(31-34)52(36-18-6-3-7-19-36)37-20-8-4-9-21-37/h3-33H,1-2H3. The van der Waals surface area contributed by atoms with Gasteiger partial charge >= 0.3 is 0 Å². The molecular weight excluding hydrogens is 655 g/mol. The van der Waals surface area contributed by atoms with Crippen LogP contribution in [0.15, 0.2) is 188 Å². The summed E-state index contributed by atoms with van der Waals surface area (Å²) in [5.41, 5.74) is 15.7. The third-order valence-corrected chi connectivity index (χ3v) is 11.6. The van der Waals surface area contributed by atoms with Crippen LogP contribution in [0, 0.1) is 0 Å². The number of rotatable bonds is 5. The maximum atomic E-state index is 2.52. The van der Waals surface area contributed by atoms with Gasteiger partial charge in [-0.3, -0.25) is 0 Å². The van der Waals surface area contributed by atoms with E-state index >= 15 is 0 Å². The van der Waals surface area contributed by atoms with Gasteiger partial charge in [-0.15, -0.1) is 0 Å². The summed E-state index contributed by atoms with van der Waals surface area (Å²) in [6, 6.07) is 68.6. The Labute approximate surface area is 314 Å². The second-order valence-corrected chi connectivity index (χ2v) is 15.0. The second-order valence-electron chi connectivity index (χ2n) is 15.0. The van der Waals surface area contributed by atoms with E-state index in [-0.39, 0.29) is 5.41 Å². The molecule has 0 atom stereocenters. The minimum atomic E-state index is -0.196. The highest BCUT2D eigenvalue weighted by molar-refractivity contribution is 6.27. The minimum Gasteiger partial charge on any atom is -0.310 e. The number of aromatic nitrogens is 2. The van der Waals surface area contributed by atoms with Gasteiger partial charge < -0.3 is 14.0 Å². The van der Waals surface area contributed by atoms with E-state index in [0.29, 0.717) is 0 Å². The molecule has 0 aliphatic carbocycles. The van der Waals surface area contributed by atoms with E-state index in [4.69, 9.17) is 0 Å². The highest BCUT2D eigenvalue weighted by atomic mass is 15.1. The van der Waals surface area contributed by atoms with Crippen LogP contribution >= 0.6 is 0 Å². The van der Waals surface area contributed by atoms with E-state index in [2.05, 4.69) is 216 Å². The fraction of sp³-hybridized carbons (Fsp3) is 0.0588. The molecule has 0 unspecified atom stereocenters. The lowest BCUT2D eigenvalue weighted by atomic mass is 9.74. The minimum absolute atomic E-state index is 0.196. The Bertz CT molecular complexity index is 3020. The summed E-state index contributed by atoms with van der Waals surface area (Å²) in [4.78, 5) is 2.33. The molecule has 0 bridgehead atoms. The fourth-order valence-corrected chi connectivity index (χ4v) is 9.17. The maximum Gasteiger partial charge on any atom is 0.0641 e. The molecule has 0 spiro atoms. The number of hydrogen-bond donors (Lipinski definition) is 0. The van der Waals surface area contributed by atoms with E-state index in [0.717, 1.165) is 22.7 Å². The summed E-state index contributed by atoms with van der Waals surface area (Å²) in [5, 5.41) is 5.12. The topological polar surface area (TPSA) is 13.1 Å². The predicted octanol–water partition coefficient (Wildman–Crippen LogP) is 13.7. The molecule has 11 rings (SSSR count). The molecule has 1 aliphatic heterocycles. The molecule has 3 heterocycles. The zero-order valence-electron chi connectivity index (χ0n) is 30.2. The first-order valence-corrected chi connectivity index (χ1v) is 18.8. The average Bonchev–Trinajstić information content (AvgIpc) is 3.74. The molecule has 1 aliphatic rings. The van der Waals surface area contributed by atoms with Gasteiger partial charge in [0.05, 0.1) is 27.8 Å². The number of hydrogen-bond acceptors (Lipinski definition) is 1. The summed E-state index contributed by atoms with van der Waals surface area (Å²) >= 11 is 0. The zero-order chi connectivity index (χ0) is 36.0. The van der Waals surface area contributed by atoms with Gasteiger partial charge in [-0.1, -0.05) is 123 Å². The smallest absolute Gasteiger partial charge is 0.0641 e. The van der Waals surface area contributed by atoms with Crippen molar-refractivity contribution < 1.29 is 0 Å². The van der Waals surface area contributed by atoms with Gasteiger partial charge in [-0.2, -0.15) is 0 Å². The van der Waals surface area contributed by atoms with Crippen LogP contribution in [0.3, 0.4) is 0 Å². The molecular formula is C51H37N3. The van der Waals surface area contributed by atoms with Crippen LogP contribution in [-0.4, -0.2) is 9.13 Å². The van der Waals surface area contributed by atoms with Crippen molar-refractivity contribution >= 4 is 60.7 Å². The van der Waals surface area contributed by atoms with Crippen LogP contribution in [0.25, 0.3) is 66.1 Å². The summed E-state index contributed by atoms with van der Waals surface area (Å²) in [7, 11) is 0. The Kier molecular flexibility index (Phi) is 6.60. The molecule has 256 valence electrons. The Morgan fingerprint density at radius 2 is 1.02 bits per heavy atom. The molecule has 10 aromatic rings. The average molecular weight is 692 g/mol. The molecule has 3 nitrogen and oxygen atoms in total. The first kappa shape index (κ1) is 30.8. The lowest BCUT2D eigenvalue weighted by molar-refractivity contribution is 0.631. The number of benzene rings is 8. The van der Waals surface area contributed by atoms with Gasteiger partial charge in [0.2, 0.25) is 0 Å². The SMILES string of the molecule is CC1(C)c2ccccc2-n2c3ccccc3c3c2c1cc1c2cc(-c4cccc(N(c5ccccc5)c5ccccc5)c4)ccc2n(-c2ccccc2)c13. The maximum absolute atomic E-state index is 2.52. The van der Waals surface area contributed by atoms with Gasteiger partial charge in [-0.05, 0) is 101 Å². The van der Waals surface area contributed by atoms with Gasteiger partial charge in [0.1, 0.15) is 0 Å². The number of anilines is 3. The van der Waals surface area contributed by atoms with Crippen LogP contribution in [-0.2, 0) is 5.41 Å². The van der Waals surface area contributed by atoms with E-state index in [9.17, 15) is 0 Å². The molecule has 0 radical (unpaired) electrons. The number of fused-ring (bicyclic) bond motifs is 9. The lowest BCUT2D eigenvalue weighted by Gasteiger charge is -2.34. The van der Waals surface area contributed by atoms with Crippen molar-refractivity contribution in [2.75, 3.05) is 4.90 Å². The molecule has 54 heavy (non-hydrogen) atoms. The Morgan fingerprint density at radius 1 is 0.407 bits per heavy atom. The van der Waals surface area contributed by atoms with Gasteiger partial charge in [-0.25, -0.2) is 0 Å². The Morgan fingerprint density at radius 3 is 1.78 bits per heavy atom. The largest absolute Gasteiger partial charge is 0.310 e. The van der Waals surface area contributed by atoms with Crippen molar-refractivity contribution in [2.45, 2.75) is 19.3 Å². The van der Waals surface area contributed by atoms with Crippen LogP contribution in [0.2, 0.25) is 0 Å². The Balaban J connectivity index is 1.21. The summed E-state index contributed by atoms with van der Waals surface area (Å²) < 4.78 is 5.02. The van der Waals surface area contributed by atoms with Crippen molar-refractivity contribution in [3.05, 3.63) is 199 Å². The summed E-state index contributed by atoms with van der Waals surface area (Å²) in [6.07, 6.45) is 0. The van der Waals surface area contributed by atoms with Crippen molar-refractivity contribution in [3.8, 4) is 22.5 Å². The summed E-state index contributed by atoms with van der Waals surface area (Å²) in [6.45, 7) is 4.79. The van der Waals surface area contributed by atoms with E-state index in [1.807, 2.05) is 0 Å². The van der Waals surface area contributed by atoms with Crippen molar-refractivity contribution in [3.63, 3.8) is 0 Å². The fourth-order valence-electron chi connectivity index (χ4n) is 9.17. The van der Waals surface area contributed by atoms with Crippen LogP contribution < -0.4 is 4.90 Å². The third-order valence-electron chi connectivity index (χ3n) is 11.6. The monoisotopic (exact) mass is 691 g/mol. The van der Waals surface area contributed by atoms with Gasteiger partial charge in [0.15, 0.2) is 0 Å². The molecule has 0 fully saturated rings. The third kappa shape index (κ3) is 4.36. The van der Waals surface area contributed by atoms with Crippen molar-refractivity contribution in [2.24, 2.45) is 0 Å². The number of nitrogens with zero attached hydrogens (tertiary/aromatic N) is 3. The lowest BCUT2D eigenvalue weighted by Crippen LogP contribution is -2.26. The molecule has 0 amide bonds. The highest BCUT2D eigenvalue weighted by Gasteiger charge is 2.37. The van der Waals surface area contributed by atoms with E-state index in [1.54, 1.807) is 0 Å². The van der Waals surface area contributed by atoms with Crippen molar-refractivity contribution in [1.29, 1.82) is 0 Å². The molecule has 8 aromatic carbocycles. The molecule has 0 N–H and O–H groups in total. The summed E-state index contributed by atoms with van der Waals surface area (Å²) in [5.74, 6) is 0. The zero-order valence-corrected chi connectivity index (χ0v) is 30.2. The quantitative estimate of drug-likeness (QED) is 0.175. The van der Waals surface area contributed by atoms with E-state index in [1.165, 1.54) is 71.6 Å². The molecule has 2 aromatic heterocycles. The number of para-hydroxylation sites is 5. The second kappa shape index (κ2) is 11.6. The van der Waals surface area contributed by atoms with Gasteiger partial charge in [0, 0.05) is 49.7 Å².